The van der Waals surface area contributed by atoms with E-state index in [0.29, 0.717) is 24.5 Å². The summed E-state index contributed by atoms with van der Waals surface area (Å²) in [5.41, 5.74) is 0. The van der Waals surface area contributed by atoms with Gasteiger partial charge in [0.1, 0.15) is 0 Å². The first-order valence-corrected chi connectivity index (χ1v) is 9.49. The molecule has 0 aromatic rings. The lowest BCUT2D eigenvalue weighted by molar-refractivity contribution is -0.0764. The van der Waals surface area contributed by atoms with Crippen LogP contribution < -0.4 is 0 Å². The highest BCUT2D eigenvalue weighted by atomic mass is 16.5. The van der Waals surface area contributed by atoms with Crippen molar-refractivity contribution in [2.24, 2.45) is 17.8 Å². The summed E-state index contributed by atoms with van der Waals surface area (Å²) in [6.07, 6.45) is 6.35. The number of hydrogen-bond acceptors (Lipinski definition) is 3. The van der Waals surface area contributed by atoms with Gasteiger partial charge in [-0.25, -0.2) is 0 Å². The average molecular weight is 314 g/mol. The molecule has 0 radical (unpaired) electrons. The van der Waals surface area contributed by atoms with E-state index in [1.807, 2.05) is 0 Å². The predicted octanol–water partition coefficient (Wildman–Crippen LogP) is 3.95. The molecule has 1 saturated carbocycles. The van der Waals surface area contributed by atoms with Gasteiger partial charge in [-0.3, -0.25) is 0 Å². The fourth-order valence-corrected chi connectivity index (χ4v) is 3.46. The third kappa shape index (κ3) is 6.97. The van der Waals surface area contributed by atoms with E-state index < -0.39 is 0 Å². The molecule has 4 unspecified atom stereocenters. The Balaban J connectivity index is 0.000000745. The Morgan fingerprint density at radius 1 is 1.18 bits per heavy atom. The average Bonchev–Trinajstić information content (AvgIpc) is 2.41. The summed E-state index contributed by atoms with van der Waals surface area (Å²) in [7, 11) is 0. The van der Waals surface area contributed by atoms with Crippen molar-refractivity contribution >= 4 is 0 Å². The molecule has 0 aromatic carbocycles. The first-order chi connectivity index (χ1) is 10.5. The molecule has 1 N–H and O–H groups in total. The van der Waals surface area contributed by atoms with Crippen LogP contribution in [0.15, 0.2) is 0 Å². The predicted molar refractivity (Wildman–Crippen MR) is 94.1 cm³/mol. The van der Waals surface area contributed by atoms with Crippen molar-refractivity contribution in [3.05, 3.63) is 0 Å². The fourth-order valence-electron chi connectivity index (χ4n) is 3.46. The van der Waals surface area contributed by atoms with E-state index in [0.717, 1.165) is 25.6 Å². The molecule has 0 bridgehead atoms. The number of hydrogen-bond donors (Lipinski definition) is 1. The summed E-state index contributed by atoms with van der Waals surface area (Å²) in [4.78, 5) is 2.30. The van der Waals surface area contributed by atoms with Crippen molar-refractivity contribution < 1.29 is 9.84 Å². The van der Waals surface area contributed by atoms with E-state index in [9.17, 15) is 5.11 Å². The number of ether oxygens (including phenoxy) is 1. The Labute approximate surface area is 138 Å². The molecule has 3 heteroatoms. The van der Waals surface area contributed by atoms with Crippen LogP contribution in [0.25, 0.3) is 0 Å². The quantitative estimate of drug-likeness (QED) is 0.806. The lowest BCUT2D eigenvalue weighted by Gasteiger charge is -2.38. The summed E-state index contributed by atoms with van der Waals surface area (Å²) in [6, 6.07) is 0. The number of aliphatic hydroxyl groups is 1. The third-order valence-electron chi connectivity index (χ3n) is 4.88. The van der Waals surface area contributed by atoms with Gasteiger partial charge in [0.15, 0.2) is 0 Å². The van der Waals surface area contributed by atoms with Crippen molar-refractivity contribution in [1.82, 2.24) is 4.90 Å². The van der Waals surface area contributed by atoms with Crippen LogP contribution >= 0.6 is 0 Å². The molecule has 4 atom stereocenters. The molecule has 2 aliphatic rings. The van der Waals surface area contributed by atoms with Gasteiger partial charge in [0, 0.05) is 6.54 Å². The Kier molecular flexibility index (Phi) is 9.62. The van der Waals surface area contributed by atoms with Gasteiger partial charge in [0.25, 0.3) is 0 Å². The van der Waals surface area contributed by atoms with Crippen LogP contribution in [0.3, 0.4) is 0 Å². The largest absolute Gasteiger partial charge is 0.389 e. The van der Waals surface area contributed by atoms with Gasteiger partial charge in [-0.2, -0.15) is 0 Å². The highest BCUT2D eigenvalue weighted by Crippen LogP contribution is 2.35. The Bertz CT molecular complexity index is 279. The van der Waals surface area contributed by atoms with E-state index in [-0.39, 0.29) is 6.10 Å². The van der Waals surface area contributed by atoms with E-state index >= 15 is 0 Å². The van der Waals surface area contributed by atoms with Gasteiger partial charge in [0.05, 0.1) is 18.8 Å². The molecular weight excluding hydrogens is 274 g/mol. The molecule has 1 aliphatic carbocycles. The van der Waals surface area contributed by atoms with E-state index in [4.69, 9.17) is 4.74 Å². The van der Waals surface area contributed by atoms with Gasteiger partial charge in [-0.15, -0.1) is 0 Å². The minimum Gasteiger partial charge on any atom is -0.389 e. The van der Waals surface area contributed by atoms with Gasteiger partial charge in [-0.1, -0.05) is 47.5 Å². The minimum atomic E-state index is -0.314. The fraction of sp³-hybridized carbons (Fsp3) is 1.00. The molecular formula is C19H39NO2. The second kappa shape index (κ2) is 10.6. The normalized spacial score (nSPS) is 30.4. The van der Waals surface area contributed by atoms with Crippen LogP contribution in [0, 0.1) is 17.8 Å². The number of β-amino-alcohol motifs (C(OH)–C–C–N with tert-alkyl or cyclic N) is 1. The maximum absolute atomic E-state index is 10.0. The smallest absolute Gasteiger partial charge is 0.0900 e. The zero-order valence-corrected chi connectivity index (χ0v) is 15.6. The lowest BCUT2D eigenvalue weighted by atomic mass is 9.75. The lowest BCUT2D eigenvalue weighted by Crippen LogP contribution is -2.44. The molecule has 0 amide bonds. The van der Waals surface area contributed by atoms with Crippen LogP contribution in [-0.4, -0.2) is 48.5 Å². The molecule has 0 spiro atoms. The van der Waals surface area contributed by atoms with E-state index in [1.165, 1.54) is 32.1 Å². The Morgan fingerprint density at radius 3 is 2.32 bits per heavy atom. The van der Waals surface area contributed by atoms with Crippen molar-refractivity contribution in [2.75, 3.05) is 26.2 Å². The topological polar surface area (TPSA) is 32.7 Å². The zero-order chi connectivity index (χ0) is 16.5. The SMILES string of the molecule is CC1CCC(C(C)C)C(OCC(O)CN2CCC2)C1.CCC. The summed E-state index contributed by atoms with van der Waals surface area (Å²) < 4.78 is 6.08. The Hall–Kier alpha value is -0.120. The van der Waals surface area contributed by atoms with Crippen LogP contribution in [0.4, 0.5) is 0 Å². The first kappa shape index (κ1) is 19.9. The van der Waals surface area contributed by atoms with Crippen LogP contribution in [-0.2, 0) is 4.74 Å². The van der Waals surface area contributed by atoms with Crippen molar-refractivity contribution in [3.8, 4) is 0 Å². The molecule has 3 nitrogen and oxygen atoms in total. The number of aliphatic hydroxyl groups excluding tert-OH is 1. The van der Waals surface area contributed by atoms with Crippen molar-refractivity contribution in [2.45, 2.75) is 78.9 Å². The van der Waals surface area contributed by atoms with Gasteiger partial charge < -0.3 is 14.7 Å². The minimum absolute atomic E-state index is 0.314. The molecule has 1 aliphatic heterocycles. The molecule has 132 valence electrons. The molecule has 1 saturated heterocycles. The van der Waals surface area contributed by atoms with Crippen molar-refractivity contribution in [3.63, 3.8) is 0 Å². The highest BCUT2D eigenvalue weighted by molar-refractivity contribution is 4.82. The summed E-state index contributed by atoms with van der Waals surface area (Å²) >= 11 is 0. The molecule has 0 aromatic heterocycles. The molecule has 2 fully saturated rings. The van der Waals surface area contributed by atoms with Gasteiger partial charge in [-0.05, 0) is 50.1 Å². The molecule has 1 heterocycles. The van der Waals surface area contributed by atoms with Gasteiger partial charge >= 0.3 is 0 Å². The number of nitrogens with zero attached hydrogens (tertiary/aromatic N) is 1. The molecule has 2 rings (SSSR count). The number of likely N-dealkylation sites (tertiary alicyclic amines) is 1. The third-order valence-corrected chi connectivity index (χ3v) is 4.88. The van der Waals surface area contributed by atoms with Crippen LogP contribution in [0.1, 0.15) is 66.7 Å². The summed E-state index contributed by atoms with van der Waals surface area (Å²) in [6.45, 7) is 14.8. The van der Waals surface area contributed by atoms with Crippen LogP contribution in [0.5, 0.6) is 0 Å². The van der Waals surface area contributed by atoms with Gasteiger partial charge in [0.2, 0.25) is 0 Å². The maximum Gasteiger partial charge on any atom is 0.0900 e. The summed E-state index contributed by atoms with van der Waals surface area (Å²) in [5.74, 6) is 2.13. The maximum atomic E-state index is 10.0. The van der Waals surface area contributed by atoms with Crippen LogP contribution in [0.2, 0.25) is 0 Å². The second-order valence-corrected chi connectivity index (χ2v) is 7.71. The van der Waals surface area contributed by atoms with E-state index in [2.05, 4.69) is 39.5 Å². The van der Waals surface area contributed by atoms with Crippen molar-refractivity contribution in [1.29, 1.82) is 0 Å². The number of rotatable bonds is 6. The summed E-state index contributed by atoms with van der Waals surface area (Å²) in [5, 5.41) is 10.0. The second-order valence-electron chi connectivity index (χ2n) is 7.71. The Morgan fingerprint density at radius 2 is 1.82 bits per heavy atom. The molecule has 22 heavy (non-hydrogen) atoms. The van der Waals surface area contributed by atoms with E-state index in [1.54, 1.807) is 0 Å². The first-order valence-electron chi connectivity index (χ1n) is 9.49. The monoisotopic (exact) mass is 313 g/mol. The highest BCUT2D eigenvalue weighted by Gasteiger charge is 2.31. The zero-order valence-electron chi connectivity index (χ0n) is 15.6. The standard InChI is InChI=1S/C16H31NO2.C3H8/c1-12(2)15-6-5-13(3)9-16(15)19-11-14(18)10-17-7-4-8-17;1-3-2/h12-16,18H,4-11H2,1-3H3;3H2,1-2H3.